The van der Waals surface area contributed by atoms with Crippen LogP contribution in [0.3, 0.4) is 0 Å². The van der Waals surface area contributed by atoms with E-state index in [1.165, 1.54) is 29.7 Å². The van der Waals surface area contributed by atoms with Crippen molar-refractivity contribution >= 4 is 17.7 Å². The molecule has 1 aliphatic heterocycles. The minimum absolute atomic E-state index is 0.0360. The molecule has 1 atom stereocenters. The Hall–Kier alpha value is -1.00. The highest BCUT2D eigenvalue weighted by Gasteiger charge is 2.25. The Labute approximate surface area is 125 Å². The van der Waals surface area contributed by atoms with Crippen LogP contribution in [0, 0.1) is 0 Å². The normalized spacial score (nSPS) is 17.6. The van der Waals surface area contributed by atoms with Gasteiger partial charge in [0, 0.05) is 19.6 Å². The van der Waals surface area contributed by atoms with Crippen LogP contribution in [0.25, 0.3) is 0 Å². The second kappa shape index (κ2) is 8.32. The molecule has 1 unspecified atom stereocenters. The van der Waals surface area contributed by atoms with Gasteiger partial charge in [-0.25, -0.2) is 0 Å². The monoisotopic (exact) mass is 292 g/mol. The molecule has 1 aromatic rings. The second-order valence-electron chi connectivity index (χ2n) is 5.23. The molecule has 0 aliphatic carbocycles. The van der Waals surface area contributed by atoms with Gasteiger partial charge in [-0.2, -0.15) is 11.8 Å². The molecule has 0 saturated heterocycles. The van der Waals surface area contributed by atoms with E-state index in [0.29, 0.717) is 0 Å². The van der Waals surface area contributed by atoms with E-state index in [1.54, 1.807) is 0 Å². The lowest BCUT2D eigenvalue weighted by Crippen LogP contribution is -2.39. The van der Waals surface area contributed by atoms with Gasteiger partial charge in [0.25, 0.3) is 0 Å². The number of carbonyl (C=O) groups excluding carboxylic acids is 1. The molecule has 1 amide bonds. The van der Waals surface area contributed by atoms with Crippen LogP contribution in [0.1, 0.15) is 36.3 Å². The van der Waals surface area contributed by atoms with E-state index < -0.39 is 0 Å². The zero-order chi connectivity index (χ0) is 14.2. The van der Waals surface area contributed by atoms with Crippen LogP contribution < -0.4 is 10.6 Å². The Morgan fingerprint density at radius 3 is 3.05 bits per heavy atom. The molecular formula is C16H24N2OS. The first kappa shape index (κ1) is 15.4. The maximum absolute atomic E-state index is 12.3. The van der Waals surface area contributed by atoms with Gasteiger partial charge in [0.05, 0.1) is 5.92 Å². The van der Waals surface area contributed by atoms with E-state index in [4.69, 9.17) is 0 Å². The van der Waals surface area contributed by atoms with Crippen molar-refractivity contribution in [2.75, 3.05) is 25.1 Å². The van der Waals surface area contributed by atoms with Gasteiger partial charge in [0.15, 0.2) is 0 Å². The Morgan fingerprint density at radius 2 is 2.20 bits per heavy atom. The molecule has 0 bridgehead atoms. The molecular weight excluding hydrogens is 268 g/mol. The van der Waals surface area contributed by atoms with Gasteiger partial charge in [-0.1, -0.05) is 30.7 Å². The van der Waals surface area contributed by atoms with Crippen LogP contribution in [-0.4, -0.2) is 31.0 Å². The van der Waals surface area contributed by atoms with Crippen LogP contribution in [0.5, 0.6) is 0 Å². The fourth-order valence-electron chi connectivity index (χ4n) is 2.61. The molecule has 0 aromatic heterocycles. The third-order valence-electron chi connectivity index (χ3n) is 3.74. The number of hydrogen-bond donors (Lipinski definition) is 2. The number of carbonyl (C=O) groups is 1. The Kier molecular flexibility index (Phi) is 6.40. The van der Waals surface area contributed by atoms with Gasteiger partial charge in [-0.3, -0.25) is 4.79 Å². The summed E-state index contributed by atoms with van der Waals surface area (Å²) in [5, 5.41) is 6.41. The average Bonchev–Trinajstić information content (AvgIpc) is 2.50. The zero-order valence-corrected chi connectivity index (χ0v) is 13.0. The molecule has 1 aliphatic rings. The lowest BCUT2D eigenvalue weighted by molar-refractivity contribution is -0.122. The molecule has 0 radical (unpaired) electrons. The zero-order valence-electron chi connectivity index (χ0n) is 12.2. The van der Waals surface area contributed by atoms with Crippen molar-refractivity contribution in [1.82, 2.24) is 10.6 Å². The summed E-state index contributed by atoms with van der Waals surface area (Å²) in [5.41, 5.74) is 2.44. The quantitative estimate of drug-likeness (QED) is 0.759. The van der Waals surface area contributed by atoms with Crippen molar-refractivity contribution in [2.45, 2.75) is 31.7 Å². The van der Waals surface area contributed by atoms with E-state index in [-0.39, 0.29) is 11.8 Å². The fourth-order valence-corrected chi connectivity index (χ4v) is 3.11. The van der Waals surface area contributed by atoms with Crippen molar-refractivity contribution in [2.24, 2.45) is 0 Å². The molecule has 3 nitrogen and oxygen atoms in total. The summed E-state index contributed by atoms with van der Waals surface area (Å²) in [6, 6.07) is 8.24. The molecule has 1 heterocycles. The topological polar surface area (TPSA) is 41.1 Å². The number of benzene rings is 1. The number of hydrogen-bond acceptors (Lipinski definition) is 3. The predicted octanol–water partition coefficient (Wildman–Crippen LogP) is 2.52. The summed E-state index contributed by atoms with van der Waals surface area (Å²) in [4.78, 5) is 12.3. The van der Waals surface area contributed by atoms with Gasteiger partial charge in [-0.05, 0) is 36.0 Å². The smallest absolute Gasteiger partial charge is 0.228 e. The summed E-state index contributed by atoms with van der Waals surface area (Å²) >= 11 is 1.89. The highest BCUT2D eigenvalue weighted by molar-refractivity contribution is 7.98. The lowest BCUT2D eigenvalue weighted by atomic mass is 9.90. The van der Waals surface area contributed by atoms with E-state index in [0.717, 1.165) is 26.1 Å². The highest BCUT2D eigenvalue weighted by Crippen LogP contribution is 2.23. The maximum atomic E-state index is 12.3. The molecule has 2 rings (SSSR count). The molecule has 4 heteroatoms. The van der Waals surface area contributed by atoms with Gasteiger partial charge in [0.2, 0.25) is 5.91 Å². The fraction of sp³-hybridized carbons (Fsp3) is 0.562. The lowest BCUT2D eigenvalue weighted by Gasteiger charge is -2.25. The number of rotatable bonds is 7. The standard InChI is InChI=1S/C16H24N2OS/c1-20-10-6-2-5-9-18-16(19)15-12-17-11-13-7-3-4-8-14(13)15/h3-4,7-8,15,17H,2,5-6,9-12H2,1H3,(H,18,19). The summed E-state index contributed by atoms with van der Waals surface area (Å²) in [7, 11) is 0. The molecule has 20 heavy (non-hydrogen) atoms. The largest absolute Gasteiger partial charge is 0.356 e. The first-order chi connectivity index (χ1) is 9.83. The van der Waals surface area contributed by atoms with E-state index >= 15 is 0 Å². The van der Waals surface area contributed by atoms with Crippen LogP contribution in [0.2, 0.25) is 0 Å². The molecule has 2 N–H and O–H groups in total. The summed E-state index contributed by atoms with van der Waals surface area (Å²) in [6.07, 6.45) is 5.65. The van der Waals surface area contributed by atoms with Crippen LogP contribution >= 0.6 is 11.8 Å². The van der Waals surface area contributed by atoms with Crippen LogP contribution in [0.4, 0.5) is 0 Å². The van der Waals surface area contributed by atoms with Gasteiger partial charge < -0.3 is 10.6 Å². The number of nitrogens with one attached hydrogen (secondary N) is 2. The van der Waals surface area contributed by atoms with Gasteiger partial charge >= 0.3 is 0 Å². The van der Waals surface area contributed by atoms with Crippen molar-refractivity contribution in [3.63, 3.8) is 0 Å². The Bertz CT molecular complexity index is 436. The average molecular weight is 292 g/mol. The third kappa shape index (κ3) is 4.25. The third-order valence-corrected chi connectivity index (χ3v) is 4.43. The van der Waals surface area contributed by atoms with E-state index in [9.17, 15) is 4.79 Å². The van der Waals surface area contributed by atoms with E-state index in [2.05, 4.69) is 29.0 Å². The van der Waals surface area contributed by atoms with Gasteiger partial charge in [-0.15, -0.1) is 0 Å². The summed E-state index contributed by atoms with van der Waals surface area (Å²) in [5.74, 6) is 1.34. The summed E-state index contributed by atoms with van der Waals surface area (Å²) in [6.45, 7) is 2.41. The van der Waals surface area contributed by atoms with Crippen LogP contribution in [0.15, 0.2) is 24.3 Å². The van der Waals surface area contributed by atoms with Gasteiger partial charge in [0.1, 0.15) is 0 Å². The van der Waals surface area contributed by atoms with Crippen molar-refractivity contribution in [3.05, 3.63) is 35.4 Å². The van der Waals surface area contributed by atoms with Crippen LogP contribution in [-0.2, 0) is 11.3 Å². The minimum Gasteiger partial charge on any atom is -0.356 e. The molecule has 0 saturated carbocycles. The molecule has 1 aromatic carbocycles. The minimum atomic E-state index is -0.0360. The van der Waals surface area contributed by atoms with Crippen molar-refractivity contribution in [1.29, 1.82) is 0 Å². The summed E-state index contributed by atoms with van der Waals surface area (Å²) < 4.78 is 0. The number of fused-ring (bicyclic) bond motifs is 1. The first-order valence-electron chi connectivity index (χ1n) is 7.38. The number of unbranched alkanes of at least 4 members (excludes halogenated alkanes) is 2. The molecule has 0 spiro atoms. The first-order valence-corrected chi connectivity index (χ1v) is 8.77. The van der Waals surface area contributed by atoms with Crippen molar-refractivity contribution in [3.8, 4) is 0 Å². The SMILES string of the molecule is CSCCCCCNC(=O)C1CNCc2ccccc21. The second-order valence-corrected chi connectivity index (χ2v) is 6.21. The molecule has 110 valence electrons. The Balaban J connectivity index is 1.79. The molecule has 0 fully saturated rings. The predicted molar refractivity (Wildman–Crippen MR) is 86.1 cm³/mol. The van der Waals surface area contributed by atoms with E-state index in [1.807, 2.05) is 23.9 Å². The highest BCUT2D eigenvalue weighted by atomic mass is 32.2. The number of amides is 1. The maximum Gasteiger partial charge on any atom is 0.228 e. The van der Waals surface area contributed by atoms with Crippen molar-refractivity contribution < 1.29 is 4.79 Å². The Morgan fingerprint density at radius 1 is 1.35 bits per heavy atom. The number of thioether (sulfide) groups is 1.